The molecule has 2 aliphatic carbocycles. The molecule has 2 N–H and O–H groups in total. The molecule has 1 aromatic carbocycles. The highest BCUT2D eigenvalue weighted by molar-refractivity contribution is 5.84. The molecule has 7 rings (SSSR count). The van der Waals surface area contributed by atoms with Crippen LogP contribution in [0.5, 0.6) is 5.88 Å². The van der Waals surface area contributed by atoms with E-state index in [2.05, 4.69) is 41.1 Å². The molecular formula is C30H33N7O2. The van der Waals surface area contributed by atoms with Crippen LogP contribution in [0.4, 0.5) is 5.69 Å². The number of nitrogen functional groups attached to an aromatic ring is 1. The smallest absolute Gasteiger partial charge is 0.241 e. The number of rotatable bonds is 4. The van der Waals surface area contributed by atoms with E-state index < -0.39 is 0 Å². The maximum atomic E-state index is 10.0. The summed E-state index contributed by atoms with van der Waals surface area (Å²) in [6, 6.07) is 8.63. The van der Waals surface area contributed by atoms with E-state index in [9.17, 15) is 5.26 Å². The zero-order valence-electron chi connectivity index (χ0n) is 22.7. The van der Waals surface area contributed by atoms with Crippen LogP contribution in [0.2, 0.25) is 0 Å². The van der Waals surface area contributed by atoms with Crippen molar-refractivity contribution in [1.82, 2.24) is 24.6 Å². The molecule has 3 atom stereocenters. The summed E-state index contributed by atoms with van der Waals surface area (Å²) in [5, 5.41) is 14.6. The van der Waals surface area contributed by atoms with Gasteiger partial charge in [0.25, 0.3) is 0 Å². The van der Waals surface area contributed by atoms with Gasteiger partial charge in [-0.15, -0.1) is 0 Å². The Bertz CT molecular complexity index is 1650. The fourth-order valence-corrected chi connectivity index (χ4v) is 7.41. The quantitative estimate of drug-likeness (QED) is 0.388. The van der Waals surface area contributed by atoms with Crippen molar-refractivity contribution in [2.45, 2.75) is 69.4 Å². The average Bonchev–Trinajstić information content (AvgIpc) is 3.71. The van der Waals surface area contributed by atoms with E-state index in [1.54, 1.807) is 6.33 Å². The first kappa shape index (κ1) is 24.2. The Labute approximate surface area is 227 Å². The second-order valence-electron chi connectivity index (χ2n) is 11.5. The van der Waals surface area contributed by atoms with E-state index in [1.165, 1.54) is 12.0 Å². The summed E-state index contributed by atoms with van der Waals surface area (Å²) < 4.78 is 14.7. The number of hydrogen-bond acceptors (Lipinski definition) is 8. The molecule has 9 heteroatoms. The van der Waals surface area contributed by atoms with Gasteiger partial charge in [-0.05, 0) is 88.7 Å². The first-order valence-corrected chi connectivity index (χ1v) is 13.9. The number of aryl methyl sites for hydroxylation is 2. The van der Waals surface area contributed by atoms with Crippen LogP contribution in [0, 0.1) is 11.3 Å². The van der Waals surface area contributed by atoms with Crippen molar-refractivity contribution in [1.29, 1.82) is 5.26 Å². The van der Waals surface area contributed by atoms with Crippen LogP contribution < -0.4 is 10.5 Å². The van der Waals surface area contributed by atoms with Crippen molar-refractivity contribution in [3.63, 3.8) is 0 Å². The minimum atomic E-state index is -0.384. The fourth-order valence-electron chi connectivity index (χ4n) is 7.41. The molecule has 0 radical (unpaired) electrons. The molecule has 200 valence electrons. The van der Waals surface area contributed by atoms with E-state index in [1.807, 2.05) is 23.7 Å². The lowest BCUT2D eigenvalue weighted by atomic mass is 9.68. The second kappa shape index (κ2) is 8.82. The third-order valence-corrected chi connectivity index (χ3v) is 9.31. The fraction of sp³-hybridized carbons (Fsp3) is 0.467. The second-order valence-corrected chi connectivity index (χ2v) is 11.5. The third kappa shape index (κ3) is 3.51. The molecule has 1 fully saturated rings. The minimum Gasteiger partial charge on any atom is -0.471 e. The van der Waals surface area contributed by atoms with Crippen LogP contribution in [-0.4, -0.2) is 50.3 Å². The number of likely N-dealkylation sites (N-methyl/N-ethyl adjacent to an activating group) is 1. The lowest BCUT2D eigenvalue weighted by molar-refractivity contribution is 0.118. The highest BCUT2D eigenvalue weighted by atomic mass is 16.5. The van der Waals surface area contributed by atoms with E-state index in [0.717, 1.165) is 78.7 Å². The van der Waals surface area contributed by atoms with Crippen LogP contribution in [0.3, 0.4) is 0 Å². The molecule has 39 heavy (non-hydrogen) atoms. The van der Waals surface area contributed by atoms with Crippen LogP contribution in [0.25, 0.3) is 22.4 Å². The maximum absolute atomic E-state index is 10.0. The number of nitrogens with two attached hydrogens (primary N) is 1. The first-order chi connectivity index (χ1) is 18.9. The maximum Gasteiger partial charge on any atom is 0.241 e. The molecule has 9 nitrogen and oxygen atoms in total. The number of pyridine rings is 1. The lowest BCUT2D eigenvalue weighted by Gasteiger charge is -2.33. The summed E-state index contributed by atoms with van der Waals surface area (Å²) in [4.78, 5) is 12.0. The number of nitrogens with zero attached hydrogens (tertiary/aromatic N) is 6. The van der Waals surface area contributed by atoms with Gasteiger partial charge in [0.05, 0.1) is 28.5 Å². The normalized spacial score (nSPS) is 23.2. The Morgan fingerprint density at radius 1 is 1.23 bits per heavy atom. The standard InChI is InChI=1S/C30H33N7O2/c1-17(24-7-5-13-36(24)2)38-29-27-23(33-16-37(27)3)14-22(34-29)26-19-6-4-11-30(28(19)39-35-26)12-10-18-8-9-21(32)20(15-31)25(18)30/h8-9,14,16-17,24H,4-7,10-13,32H2,1-3H3. The summed E-state index contributed by atoms with van der Waals surface area (Å²) in [5.74, 6) is 1.43. The number of fused-ring (bicyclic) bond motifs is 5. The predicted octanol–water partition coefficient (Wildman–Crippen LogP) is 4.51. The van der Waals surface area contributed by atoms with Gasteiger partial charge in [0.1, 0.15) is 23.4 Å². The number of hydrogen-bond donors (Lipinski definition) is 1. The monoisotopic (exact) mass is 523 g/mol. The Morgan fingerprint density at radius 2 is 2.10 bits per heavy atom. The molecule has 0 saturated carbocycles. The predicted molar refractivity (Wildman–Crippen MR) is 147 cm³/mol. The highest BCUT2D eigenvalue weighted by Crippen LogP contribution is 2.54. The number of likely N-dealkylation sites (tertiary alicyclic amines) is 1. The Morgan fingerprint density at radius 3 is 2.90 bits per heavy atom. The van der Waals surface area contributed by atoms with Crippen molar-refractivity contribution in [3.05, 3.63) is 52.5 Å². The van der Waals surface area contributed by atoms with Gasteiger partial charge in [-0.1, -0.05) is 11.2 Å². The van der Waals surface area contributed by atoms with Gasteiger partial charge in [0.15, 0.2) is 5.76 Å². The Hall–Kier alpha value is -3.90. The Kier molecular flexibility index (Phi) is 5.46. The molecule has 1 saturated heterocycles. The molecule has 4 aromatic rings. The molecule has 0 bridgehead atoms. The van der Waals surface area contributed by atoms with Crippen molar-refractivity contribution in [3.8, 4) is 23.3 Å². The largest absolute Gasteiger partial charge is 0.471 e. The van der Waals surface area contributed by atoms with Crippen molar-refractivity contribution >= 4 is 16.7 Å². The van der Waals surface area contributed by atoms with Gasteiger partial charge >= 0.3 is 0 Å². The zero-order valence-corrected chi connectivity index (χ0v) is 22.7. The minimum absolute atomic E-state index is 0.0160. The number of nitriles is 1. The van der Waals surface area contributed by atoms with E-state index in [0.29, 0.717) is 28.9 Å². The summed E-state index contributed by atoms with van der Waals surface area (Å²) >= 11 is 0. The zero-order chi connectivity index (χ0) is 26.9. The van der Waals surface area contributed by atoms with Gasteiger partial charge in [-0.25, -0.2) is 9.97 Å². The van der Waals surface area contributed by atoms with E-state index >= 15 is 0 Å². The number of anilines is 1. The number of benzene rings is 1. The molecule has 4 heterocycles. The first-order valence-electron chi connectivity index (χ1n) is 13.9. The van der Waals surface area contributed by atoms with Gasteiger partial charge in [-0.2, -0.15) is 5.26 Å². The summed E-state index contributed by atoms with van der Waals surface area (Å²) in [7, 11) is 4.12. The summed E-state index contributed by atoms with van der Waals surface area (Å²) in [5.41, 5.74) is 13.4. The van der Waals surface area contributed by atoms with Crippen molar-refractivity contribution in [2.24, 2.45) is 7.05 Å². The van der Waals surface area contributed by atoms with Gasteiger partial charge in [0.2, 0.25) is 5.88 Å². The molecule has 0 amide bonds. The topological polar surface area (TPSA) is 119 Å². The number of imidazole rings is 1. The SMILES string of the molecule is CC(Oc1nc(-c2noc3c2CCCC32CCc3ccc(N)c(C#N)c32)cc2ncn(C)c12)C1CCCN1C. The molecule has 3 unspecified atom stereocenters. The van der Waals surface area contributed by atoms with Crippen LogP contribution in [0.15, 0.2) is 29.0 Å². The molecule has 1 aliphatic heterocycles. The van der Waals surface area contributed by atoms with E-state index in [4.69, 9.17) is 20.0 Å². The van der Waals surface area contributed by atoms with Crippen molar-refractivity contribution < 1.29 is 9.26 Å². The molecule has 1 spiro atoms. The van der Waals surface area contributed by atoms with Gasteiger partial charge in [-0.3, -0.25) is 4.90 Å². The Balaban J connectivity index is 1.34. The highest BCUT2D eigenvalue weighted by Gasteiger charge is 2.49. The average molecular weight is 524 g/mol. The summed E-state index contributed by atoms with van der Waals surface area (Å²) in [6.07, 6.45) is 8.58. The van der Waals surface area contributed by atoms with Crippen LogP contribution >= 0.6 is 0 Å². The van der Waals surface area contributed by atoms with E-state index in [-0.39, 0.29) is 11.5 Å². The molecular weight excluding hydrogens is 490 g/mol. The van der Waals surface area contributed by atoms with Crippen LogP contribution in [0.1, 0.15) is 67.0 Å². The lowest BCUT2D eigenvalue weighted by Crippen LogP contribution is -2.38. The number of aromatic nitrogens is 4. The summed E-state index contributed by atoms with van der Waals surface area (Å²) in [6.45, 7) is 3.21. The number of ether oxygens (including phenoxy) is 1. The molecule has 3 aliphatic rings. The van der Waals surface area contributed by atoms with Crippen molar-refractivity contribution in [2.75, 3.05) is 19.3 Å². The molecule has 3 aromatic heterocycles. The third-order valence-electron chi connectivity index (χ3n) is 9.31. The van der Waals surface area contributed by atoms with Gasteiger partial charge < -0.3 is 19.6 Å². The van der Waals surface area contributed by atoms with Crippen LogP contribution in [-0.2, 0) is 25.3 Å². The van der Waals surface area contributed by atoms with Gasteiger partial charge in [0, 0.05) is 24.3 Å².